The van der Waals surface area contributed by atoms with Crippen molar-refractivity contribution < 1.29 is 4.79 Å². The minimum Gasteiger partial charge on any atom is -0.347 e. The highest BCUT2D eigenvalue weighted by Gasteiger charge is 2.19. The molecule has 5 nitrogen and oxygen atoms in total. The molecule has 2 N–H and O–H groups in total. The van der Waals surface area contributed by atoms with Crippen LogP contribution < -0.4 is 10.6 Å². The molecule has 1 aromatic heterocycles. The smallest absolute Gasteiger partial charge is 0.269 e. The highest BCUT2D eigenvalue weighted by atomic mass is 16.2. The molecule has 1 aliphatic heterocycles. The van der Waals surface area contributed by atoms with Crippen molar-refractivity contribution in [2.24, 2.45) is 0 Å². The van der Waals surface area contributed by atoms with Crippen LogP contribution in [0.1, 0.15) is 42.9 Å². The van der Waals surface area contributed by atoms with Gasteiger partial charge < -0.3 is 10.6 Å². The van der Waals surface area contributed by atoms with E-state index >= 15 is 0 Å². The number of nitrogens with one attached hydrogen (secondary N) is 2. The van der Waals surface area contributed by atoms with Crippen molar-refractivity contribution in [1.29, 1.82) is 0 Å². The molecule has 0 unspecified atom stereocenters. The Morgan fingerprint density at radius 2 is 2.44 bits per heavy atom. The third kappa shape index (κ3) is 2.90. The molecule has 1 aromatic rings. The average molecular weight is 250 g/mol. The third-order valence-electron chi connectivity index (χ3n) is 3.36. The maximum absolute atomic E-state index is 12.2. The second-order valence-corrected chi connectivity index (χ2v) is 4.71. The van der Waals surface area contributed by atoms with Gasteiger partial charge in [0, 0.05) is 19.1 Å². The van der Waals surface area contributed by atoms with Crippen LogP contribution in [0.15, 0.2) is 6.07 Å². The van der Waals surface area contributed by atoms with Gasteiger partial charge in [-0.1, -0.05) is 6.92 Å². The Labute approximate surface area is 108 Å². The normalized spacial score (nSPS) is 19.8. The summed E-state index contributed by atoms with van der Waals surface area (Å²) in [5.41, 5.74) is 1.66. The first-order valence-corrected chi connectivity index (χ1v) is 6.82. The molecule has 0 spiro atoms. The summed E-state index contributed by atoms with van der Waals surface area (Å²) in [7, 11) is 0. The molecule has 100 valence electrons. The summed E-state index contributed by atoms with van der Waals surface area (Å²) >= 11 is 0. The van der Waals surface area contributed by atoms with Gasteiger partial charge in [-0.05, 0) is 38.8 Å². The number of rotatable bonds is 4. The largest absolute Gasteiger partial charge is 0.347 e. The van der Waals surface area contributed by atoms with E-state index in [9.17, 15) is 4.79 Å². The second kappa shape index (κ2) is 6.00. The molecule has 1 aliphatic rings. The Morgan fingerprint density at radius 3 is 3.06 bits per heavy atom. The maximum Gasteiger partial charge on any atom is 0.269 e. The lowest BCUT2D eigenvalue weighted by atomic mass is 10.1. The third-order valence-corrected chi connectivity index (χ3v) is 3.36. The predicted octanol–water partition coefficient (Wildman–Crippen LogP) is 0.947. The Hall–Kier alpha value is -1.36. The van der Waals surface area contributed by atoms with Crippen molar-refractivity contribution in [3.63, 3.8) is 0 Å². The quantitative estimate of drug-likeness (QED) is 0.836. The van der Waals surface area contributed by atoms with Crippen molar-refractivity contribution in [2.75, 3.05) is 13.1 Å². The number of carbonyl (C=O) groups is 1. The maximum atomic E-state index is 12.2. The van der Waals surface area contributed by atoms with Crippen LogP contribution in [0.5, 0.6) is 0 Å². The number of amides is 1. The van der Waals surface area contributed by atoms with Gasteiger partial charge in [0.25, 0.3) is 5.91 Å². The van der Waals surface area contributed by atoms with E-state index in [1.165, 1.54) is 0 Å². The van der Waals surface area contributed by atoms with E-state index in [0.29, 0.717) is 5.69 Å². The van der Waals surface area contributed by atoms with Crippen LogP contribution in [0.3, 0.4) is 0 Å². The molecule has 1 fully saturated rings. The number of carbonyl (C=O) groups excluding carboxylic acids is 1. The van der Waals surface area contributed by atoms with Crippen LogP contribution in [0.25, 0.3) is 0 Å². The summed E-state index contributed by atoms with van der Waals surface area (Å²) in [5.74, 6) is -0.00208. The first-order valence-electron chi connectivity index (χ1n) is 6.82. The molecule has 18 heavy (non-hydrogen) atoms. The lowest BCUT2D eigenvalue weighted by molar-refractivity contribution is 0.0920. The lowest BCUT2D eigenvalue weighted by Gasteiger charge is -2.23. The number of hydrogen-bond acceptors (Lipinski definition) is 3. The molecule has 5 heteroatoms. The molecule has 0 radical (unpaired) electrons. The van der Waals surface area contributed by atoms with Crippen LogP contribution in [0.4, 0.5) is 0 Å². The van der Waals surface area contributed by atoms with Gasteiger partial charge in [0.1, 0.15) is 5.69 Å². The number of piperidine rings is 1. The molecule has 0 bridgehead atoms. The van der Waals surface area contributed by atoms with Gasteiger partial charge in [-0.25, -0.2) is 0 Å². The van der Waals surface area contributed by atoms with Crippen LogP contribution in [0, 0.1) is 0 Å². The number of aryl methyl sites for hydroxylation is 2. The summed E-state index contributed by atoms with van der Waals surface area (Å²) in [6.07, 6.45) is 3.04. The summed E-state index contributed by atoms with van der Waals surface area (Å²) in [4.78, 5) is 12.2. The molecule has 0 aliphatic carbocycles. The SMILES string of the molecule is CCc1cc(C(=O)N[C@H]2CCCNC2)n(CC)n1. The highest BCUT2D eigenvalue weighted by molar-refractivity contribution is 5.92. The predicted molar refractivity (Wildman–Crippen MR) is 70.6 cm³/mol. The molecule has 0 saturated carbocycles. The van der Waals surface area contributed by atoms with Gasteiger partial charge in [0.05, 0.1) is 5.69 Å². The fraction of sp³-hybridized carbons (Fsp3) is 0.692. The van der Waals surface area contributed by atoms with Gasteiger partial charge in [-0.3, -0.25) is 9.48 Å². The second-order valence-electron chi connectivity index (χ2n) is 4.71. The Morgan fingerprint density at radius 1 is 1.61 bits per heavy atom. The van der Waals surface area contributed by atoms with Crippen molar-refractivity contribution in [2.45, 2.75) is 45.7 Å². The highest BCUT2D eigenvalue weighted by Crippen LogP contribution is 2.08. The minimum absolute atomic E-state index is 0.00208. The van der Waals surface area contributed by atoms with E-state index in [-0.39, 0.29) is 11.9 Å². The lowest BCUT2D eigenvalue weighted by Crippen LogP contribution is -2.46. The Kier molecular flexibility index (Phi) is 4.36. The molecular weight excluding hydrogens is 228 g/mol. The summed E-state index contributed by atoms with van der Waals surface area (Å²) in [5, 5.41) is 10.8. The first kappa shape index (κ1) is 13.1. The first-order chi connectivity index (χ1) is 8.74. The van der Waals surface area contributed by atoms with Crippen molar-refractivity contribution in [3.05, 3.63) is 17.5 Å². The summed E-state index contributed by atoms with van der Waals surface area (Å²) in [6, 6.07) is 2.14. The molecule has 2 heterocycles. The topological polar surface area (TPSA) is 59.0 Å². The van der Waals surface area contributed by atoms with E-state index in [1.807, 2.05) is 13.0 Å². The summed E-state index contributed by atoms with van der Waals surface area (Å²) in [6.45, 7) is 6.71. The van der Waals surface area contributed by atoms with E-state index < -0.39 is 0 Å². The van der Waals surface area contributed by atoms with Gasteiger partial charge in [-0.2, -0.15) is 5.10 Å². The number of aromatic nitrogens is 2. The van der Waals surface area contributed by atoms with Gasteiger partial charge in [0.15, 0.2) is 0 Å². The Bertz CT molecular complexity index is 407. The zero-order valence-electron chi connectivity index (χ0n) is 11.2. The molecule has 1 atom stereocenters. The number of hydrogen-bond donors (Lipinski definition) is 2. The van der Waals surface area contributed by atoms with Crippen molar-refractivity contribution in [1.82, 2.24) is 20.4 Å². The molecular formula is C13H22N4O. The molecule has 2 rings (SSSR count). The van der Waals surface area contributed by atoms with E-state index in [2.05, 4.69) is 22.7 Å². The zero-order valence-corrected chi connectivity index (χ0v) is 11.2. The van der Waals surface area contributed by atoms with Gasteiger partial charge in [-0.15, -0.1) is 0 Å². The van der Waals surface area contributed by atoms with Crippen LogP contribution in [-0.2, 0) is 13.0 Å². The standard InChI is InChI=1S/C13H22N4O/c1-3-10-8-12(17(4-2)16-10)13(18)15-11-6-5-7-14-9-11/h8,11,14H,3-7,9H2,1-2H3,(H,15,18)/t11-/m0/s1. The molecule has 1 saturated heterocycles. The Balaban J connectivity index is 2.05. The van der Waals surface area contributed by atoms with E-state index in [4.69, 9.17) is 0 Å². The zero-order chi connectivity index (χ0) is 13.0. The minimum atomic E-state index is -0.00208. The van der Waals surface area contributed by atoms with Crippen molar-refractivity contribution >= 4 is 5.91 Å². The van der Waals surface area contributed by atoms with Crippen molar-refractivity contribution in [3.8, 4) is 0 Å². The van der Waals surface area contributed by atoms with Crippen LogP contribution in [0.2, 0.25) is 0 Å². The van der Waals surface area contributed by atoms with E-state index in [1.54, 1.807) is 4.68 Å². The number of nitrogens with zero attached hydrogens (tertiary/aromatic N) is 2. The molecule has 1 amide bonds. The fourth-order valence-electron chi connectivity index (χ4n) is 2.30. The van der Waals surface area contributed by atoms with E-state index in [0.717, 1.165) is 44.6 Å². The van der Waals surface area contributed by atoms with Gasteiger partial charge >= 0.3 is 0 Å². The van der Waals surface area contributed by atoms with Gasteiger partial charge in [0.2, 0.25) is 0 Å². The monoisotopic (exact) mass is 250 g/mol. The van der Waals surface area contributed by atoms with Crippen LogP contribution in [-0.4, -0.2) is 34.8 Å². The molecule has 0 aromatic carbocycles. The fourth-order valence-corrected chi connectivity index (χ4v) is 2.30. The summed E-state index contributed by atoms with van der Waals surface area (Å²) < 4.78 is 1.78. The van der Waals surface area contributed by atoms with Crippen LogP contribution >= 0.6 is 0 Å². The average Bonchev–Trinajstić information content (AvgIpc) is 2.83.